The third-order valence-corrected chi connectivity index (χ3v) is 3.68. The Balaban J connectivity index is 2.24. The molecule has 2 rings (SSSR count). The third-order valence-electron chi connectivity index (χ3n) is 3.68. The quantitative estimate of drug-likeness (QED) is 0.618. The molecular weight excluding hydrogens is 252 g/mol. The van der Waals surface area contributed by atoms with Crippen molar-refractivity contribution in [2.75, 3.05) is 18.5 Å². The number of amides is 1. The molecule has 1 heterocycles. The van der Waals surface area contributed by atoms with E-state index in [0.717, 1.165) is 18.8 Å². The molecule has 1 aliphatic carbocycles. The zero-order chi connectivity index (χ0) is 14.7. The first kappa shape index (κ1) is 14.8. The molecule has 5 heteroatoms. The number of nitrogen functional groups attached to an aromatic ring is 1. The fraction of sp³-hybridized carbons (Fsp3) is 0.600. The van der Waals surface area contributed by atoms with Gasteiger partial charge in [0.25, 0.3) is 5.91 Å². The average Bonchev–Trinajstić information content (AvgIpc) is 3.27. The van der Waals surface area contributed by atoms with Crippen molar-refractivity contribution in [2.45, 2.75) is 39.5 Å². The minimum Gasteiger partial charge on any atom is -0.339 e. The van der Waals surface area contributed by atoms with Crippen molar-refractivity contribution >= 4 is 11.7 Å². The standard InChI is InChI=1S/C15H24N4O/c1-4-19(9-11-5-6-11)15(20)12-7-13(10(2)3)17-14(8-12)18-16/h7-8,10-11H,4-6,9,16H2,1-3H3,(H,17,18). The summed E-state index contributed by atoms with van der Waals surface area (Å²) in [7, 11) is 0. The number of carbonyl (C=O) groups is 1. The van der Waals surface area contributed by atoms with E-state index in [0.29, 0.717) is 17.3 Å². The van der Waals surface area contributed by atoms with Crippen LogP contribution in [0.1, 0.15) is 55.6 Å². The second-order valence-corrected chi connectivity index (χ2v) is 5.75. The van der Waals surface area contributed by atoms with Gasteiger partial charge in [-0.25, -0.2) is 10.8 Å². The van der Waals surface area contributed by atoms with Crippen LogP contribution >= 0.6 is 0 Å². The number of nitrogens with two attached hydrogens (primary N) is 1. The first-order valence-corrected chi connectivity index (χ1v) is 7.33. The lowest BCUT2D eigenvalue weighted by atomic mass is 10.1. The summed E-state index contributed by atoms with van der Waals surface area (Å²) in [5.74, 6) is 7.01. The lowest BCUT2D eigenvalue weighted by molar-refractivity contribution is 0.0756. The van der Waals surface area contributed by atoms with Gasteiger partial charge in [0.15, 0.2) is 0 Å². The summed E-state index contributed by atoms with van der Waals surface area (Å²) in [6, 6.07) is 3.60. The average molecular weight is 276 g/mol. The van der Waals surface area contributed by atoms with Crippen molar-refractivity contribution in [3.05, 3.63) is 23.4 Å². The maximum atomic E-state index is 12.6. The highest BCUT2D eigenvalue weighted by Gasteiger charge is 2.26. The van der Waals surface area contributed by atoms with Crippen LogP contribution in [0.5, 0.6) is 0 Å². The highest BCUT2D eigenvalue weighted by Crippen LogP contribution is 2.30. The smallest absolute Gasteiger partial charge is 0.254 e. The van der Waals surface area contributed by atoms with Gasteiger partial charge in [0.2, 0.25) is 0 Å². The molecule has 1 saturated carbocycles. The molecule has 1 aromatic heterocycles. The van der Waals surface area contributed by atoms with Gasteiger partial charge >= 0.3 is 0 Å². The van der Waals surface area contributed by atoms with Crippen LogP contribution in [0.25, 0.3) is 0 Å². The van der Waals surface area contributed by atoms with Crippen molar-refractivity contribution in [1.29, 1.82) is 0 Å². The van der Waals surface area contributed by atoms with Crippen molar-refractivity contribution in [2.24, 2.45) is 11.8 Å². The Kier molecular flexibility index (Phi) is 4.60. The molecule has 0 radical (unpaired) electrons. The Morgan fingerprint density at radius 1 is 1.50 bits per heavy atom. The molecule has 3 N–H and O–H groups in total. The van der Waals surface area contributed by atoms with Crippen molar-refractivity contribution in [3.63, 3.8) is 0 Å². The normalized spacial score (nSPS) is 14.4. The number of hydrogen-bond acceptors (Lipinski definition) is 4. The number of nitrogens with zero attached hydrogens (tertiary/aromatic N) is 2. The van der Waals surface area contributed by atoms with Crippen LogP contribution in [-0.2, 0) is 0 Å². The first-order chi connectivity index (χ1) is 9.55. The number of rotatable bonds is 6. The van der Waals surface area contributed by atoms with E-state index in [1.165, 1.54) is 12.8 Å². The molecule has 0 bridgehead atoms. The van der Waals surface area contributed by atoms with Gasteiger partial charge in [-0.1, -0.05) is 13.8 Å². The summed E-state index contributed by atoms with van der Waals surface area (Å²) >= 11 is 0. The van der Waals surface area contributed by atoms with E-state index in [9.17, 15) is 4.79 Å². The van der Waals surface area contributed by atoms with Gasteiger partial charge in [-0.3, -0.25) is 4.79 Å². The molecule has 1 fully saturated rings. The molecule has 0 atom stereocenters. The van der Waals surface area contributed by atoms with Crippen LogP contribution < -0.4 is 11.3 Å². The number of hydrogen-bond donors (Lipinski definition) is 2. The van der Waals surface area contributed by atoms with Gasteiger partial charge < -0.3 is 10.3 Å². The zero-order valence-electron chi connectivity index (χ0n) is 12.5. The molecule has 1 aromatic rings. The van der Waals surface area contributed by atoms with E-state index < -0.39 is 0 Å². The van der Waals surface area contributed by atoms with E-state index in [1.807, 2.05) is 17.9 Å². The monoisotopic (exact) mass is 276 g/mol. The van der Waals surface area contributed by atoms with Crippen LogP contribution in [0, 0.1) is 5.92 Å². The summed E-state index contributed by atoms with van der Waals surface area (Å²) in [5, 5.41) is 0. The molecule has 1 aliphatic rings. The van der Waals surface area contributed by atoms with Gasteiger partial charge in [-0.05, 0) is 43.7 Å². The van der Waals surface area contributed by atoms with E-state index in [1.54, 1.807) is 6.07 Å². The van der Waals surface area contributed by atoms with Crippen molar-refractivity contribution < 1.29 is 4.79 Å². The number of nitrogens with one attached hydrogen (secondary N) is 1. The van der Waals surface area contributed by atoms with Crippen LogP contribution in [0.2, 0.25) is 0 Å². The second kappa shape index (κ2) is 6.22. The van der Waals surface area contributed by atoms with Gasteiger partial charge in [-0.15, -0.1) is 0 Å². The SMILES string of the molecule is CCN(CC1CC1)C(=O)c1cc(NN)nc(C(C)C)c1. The lowest BCUT2D eigenvalue weighted by Crippen LogP contribution is -2.33. The molecule has 5 nitrogen and oxygen atoms in total. The Morgan fingerprint density at radius 2 is 2.20 bits per heavy atom. The number of hydrazine groups is 1. The summed E-state index contributed by atoms with van der Waals surface area (Å²) in [4.78, 5) is 18.9. The number of anilines is 1. The number of carbonyl (C=O) groups excluding carboxylic acids is 1. The van der Waals surface area contributed by atoms with Gasteiger partial charge in [-0.2, -0.15) is 0 Å². The van der Waals surface area contributed by atoms with E-state index >= 15 is 0 Å². The van der Waals surface area contributed by atoms with Crippen LogP contribution in [0.4, 0.5) is 5.82 Å². The highest BCUT2D eigenvalue weighted by atomic mass is 16.2. The maximum Gasteiger partial charge on any atom is 0.254 e. The molecular formula is C15H24N4O. The van der Waals surface area contributed by atoms with Crippen LogP contribution in [0.3, 0.4) is 0 Å². The summed E-state index contributed by atoms with van der Waals surface area (Å²) in [6.07, 6.45) is 2.49. The zero-order valence-corrected chi connectivity index (χ0v) is 12.5. The Morgan fingerprint density at radius 3 is 2.70 bits per heavy atom. The fourth-order valence-electron chi connectivity index (χ4n) is 2.20. The summed E-state index contributed by atoms with van der Waals surface area (Å²) < 4.78 is 0. The predicted molar refractivity (Wildman–Crippen MR) is 80.4 cm³/mol. The lowest BCUT2D eigenvalue weighted by Gasteiger charge is -2.21. The summed E-state index contributed by atoms with van der Waals surface area (Å²) in [6.45, 7) is 7.73. The van der Waals surface area contributed by atoms with E-state index in [4.69, 9.17) is 5.84 Å². The molecule has 0 unspecified atom stereocenters. The van der Waals surface area contributed by atoms with E-state index in [-0.39, 0.29) is 11.8 Å². The molecule has 0 spiro atoms. The molecule has 1 amide bonds. The molecule has 0 aliphatic heterocycles. The maximum absolute atomic E-state index is 12.6. The minimum absolute atomic E-state index is 0.0696. The highest BCUT2D eigenvalue weighted by molar-refractivity contribution is 5.95. The minimum atomic E-state index is 0.0696. The van der Waals surface area contributed by atoms with Crippen molar-refractivity contribution in [1.82, 2.24) is 9.88 Å². The van der Waals surface area contributed by atoms with Crippen molar-refractivity contribution in [3.8, 4) is 0 Å². The third kappa shape index (κ3) is 3.48. The topological polar surface area (TPSA) is 71.2 Å². The van der Waals surface area contributed by atoms with E-state index in [2.05, 4.69) is 24.3 Å². The van der Waals surface area contributed by atoms with Gasteiger partial charge in [0.05, 0.1) is 0 Å². The van der Waals surface area contributed by atoms with Crippen LogP contribution in [-0.4, -0.2) is 28.9 Å². The Hall–Kier alpha value is -1.62. The Bertz CT molecular complexity index is 483. The Labute approximate surface area is 120 Å². The fourth-order valence-corrected chi connectivity index (χ4v) is 2.20. The molecule has 110 valence electrons. The molecule has 0 aromatic carbocycles. The largest absolute Gasteiger partial charge is 0.339 e. The summed E-state index contributed by atoms with van der Waals surface area (Å²) in [5.41, 5.74) is 4.09. The van der Waals surface area contributed by atoms with Gasteiger partial charge in [0.1, 0.15) is 5.82 Å². The molecule has 0 saturated heterocycles. The molecule has 20 heavy (non-hydrogen) atoms. The number of pyridine rings is 1. The number of aromatic nitrogens is 1. The predicted octanol–water partition coefficient (Wildman–Crippen LogP) is 2.36. The van der Waals surface area contributed by atoms with Gasteiger partial charge in [0, 0.05) is 24.3 Å². The second-order valence-electron chi connectivity index (χ2n) is 5.75. The first-order valence-electron chi connectivity index (χ1n) is 7.33. The van der Waals surface area contributed by atoms with Crippen LogP contribution in [0.15, 0.2) is 12.1 Å².